The van der Waals surface area contributed by atoms with Crippen molar-refractivity contribution < 1.29 is 0 Å². The number of nitrogens with zero attached hydrogens (tertiary/aromatic N) is 3. The first-order chi connectivity index (χ1) is 17.2. The molecule has 2 heterocycles. The molecule has 0 unspecified atom stereocenters. The molecule has 0 aliphatic heterocycles. The van der Waals surface area contributed by atoms with E-state index in [1.165, 1.54) is 54.7 Å². The fourth-order valence-corrected chi connectivity index (χ4v) is 5.96. The lowest BCUT2D eigenvalue weighted by molar-refractivity contribution is 0.272. The van der Waals surface area contributed by atoms with Crippen LogP contribution in [0.25, 0.3) is 43.6 Å². The van der Waals surface area contributed by atoms with Gasteiger partial charge in [-0.1, -0.05) is 67.6 Å². The Kier molecular flexibility index (Phi) is 5.58. The van der Waals surface area contributed by atoms with Gasteiger partial charge in [0.25, 0.3) is 0 Å². The lowest BCUT2D eigenvalue weighted by atomic mass is 10.1. The Balaban J connectivity index is 1.38. The van der Waals surface area contributed by atoms with Crippen LogP contribution in [0, 0.1) is 0 Å². The molecule has 0 N–H and O–H groups in total. The Morgan fingerprint density at radius 3 is 1.94 bits per heavy atom. The third-order valence-corrected chi connectivity index (χ3v) is 7.60. The molecule has 0 aliphatic rings. The van der Waals surface area contributed by atoms with E-state index >= 15 is 0 Å². The summed E-state index contributed by atoms with van der Waals surface area (Å²) in [5.41, 5.74) is 8.13. The van der Waals surface area contributed by atoms with Crippen molar-refractivity contribution in [2.45, 2.75) is 47.0 Å². The molecule has 0 bridgehead atoms. The van der Waals surface area contributed by atoms with Crippen LogP contribution >= 0.6 is 0 Å². The Morgan fingerprint density at radius 2 is 1.20 bits per heavy atom. The van der Waals surface area contributed by atoms with Gasteiger partial charge in [-0.15, -0.1) is 0 Å². The number of para-hydroxylation sites is 2. The van der Waals surface area contributed by atoms with Gasteiger partial charge in [-0.3, -0.25) is 4.90 Å². The maximum Gasteiger partial charge on any atom is 0.0494 e. The molecule has 35 heavy (non-hydrogen) atoms. The number of rotatable bonds is 7. The van der Waals surface area contributed by atoms with E-state index in [1.807, 2.05) is 0 Å². The highest BCUT2D eigenvalue weighted by atomic mass is 15.1. The fourth-order valence-electron chi connectivity index (χ4n) is 5.96. The molecule has 0 amide bonds. The summed E-state index contributed by atoms with van der Waals surface area (Å²) in [7, 11) is 0. The van der Waals surface area contributed by atoms with Crippen molar-refractivity contribution in [3.8, 4) is 0 Å². The lowest BCUT2D eigenvalue weighted by Crippen LogP contribution is -2.22. The fraction of sp³-hybridized carbons (Fsp3) is 0.250. The largest absolute Gasteiger partial charge is 0.341 e. The van der Waals surface area contributed by atoms with E-state index in [1.54, 1.807) is 0 Å². The molecule has 3 nitrogen and oxygen atoms in total. The van der Waals surface area contributed by atoms with Gasteiger partial charge in [-0.05, 0) is 55.8 Å². The monoisotopic (exact) mass is 459 g/mol. The lowest BCUT2D eigenvalue weighted by Gasteiger charge is -2.21. The maximum atomic E-state index is 2.56. The van der Waals surface area contributed by atoms with Crippen LogP contribution in [0.3, 0.4) is 0 Å². The van der Waals surface area contributed by atoms with E-state index in [0.29, 0.717) is 0 Å². The molecule has 0 radical (unpaired) electrons. The maximum absolute atomic E-state index is 2.56. The van der Waals surface area contributed by atoms with E-state index < -0.39 is 0 Å². The summed E-state index contributed by atoms with van der Waals surface area (Å²) in [5, 5.41) is 5.48. The summed E-state index contributed by atoms with van der Waals surface area (Å²) < 4.78 is 4.90. The standard InChI is InChI=1S/C32H33N3/c1-4-33(21-23-18-19-26-25-13-7-9-15-28(25)35(6-3)31(26)20-23)22-24-12-11-17-30-32(24)27-14-8-10-16-29(27)34(30)5-2/h7-20H,4-6,21-22H2,1-3H3. The average Bonchev–Trinajstić information content (AvgIpc) is 3.40. The van der Waals surface area contributed by atoms with E-state index in [0.717, 1.165) is 32.7 Å². The summed E-state index contributed by atoms with van der Waals surface area (Å²) >= 11 is 0. The van der Waals surface area contributed by atoms with Gasteiger partial charge >= 0.3 is 0 Å². The van der Waals surface area contributed by atoms with Crippen LogP contribution < -0.4 is 0 Å². The first-order valence-electron chi connectivity index (χ1n) is 12.9. The summed E-state index contributed by atoms with van der Waals surface area (Å²) in [6.45, 7) is 11.6. The van der Waals surface area contributed by atoms with Gasteiger partial charge in [0.2, 0.25) is 0 Å². The van der Waals surface area contributed by atoms with Gasteiger partial charge < -0.3 is 9.13 Å². The third-order valence-electron chi connectivity index (χ3n) is 7.60. The molecule has 0 atom stereocenters. The molecule has 0 saturated carbocycles. The van der Waals surface area contributed by atoms with Crippen LogP contribution in [-0.4, -0.2) is 20.6 Å². The normalized spacial score (nSPS) is 12.1. The molecular formula is C32H33N3. The molecule has 0 aliphatic carbocycles. The van der Waals surface area contributed by atoms with Crippen molar-refractivity contribution >= 4 is 43.6 Å². The number of aromatic nitrogens is 2. The number of fused-ring (bicyclic) bond motifs is 6. The zero-order valence-corrected chi connectivity index (χ0v) is 21.0. The smallest absolute Gasteiger partial charge is 0.0494 e. The van der Waals surface area contributed by atoms with Gasteiger partial charge in [0.15, 0.2) is 0 Å². The second kappa shape index (κ2) is 8.90. The molecular weight excluding hydrogens is 426 g/mol. The highest BCUT2D eigenvalue weighted by Gasteiger charge is 2.15. The Morgan fingerprint density at radius 1 is 0.571 bits per heavy atom. The van der Waals surface area contributed by atoms with E-state index in [4.69, 9.17) is 0 Å². The summed E-state index contributed by atoms with van der Waals surface area (Å²) in [6, 6.07) is 31.5. The zero-order chi connectivity index (χ0) is 23.9. The number of hydrogen-bond donors (Lipinski definition) is 0. The molecule has 6 aromatic rings. The molecule has 0 fully saturated rings. The predicted molar refractivity (Wildman–Crippen MR) is 150 cm³/mol. The summed E-state index contributed by atoms with van der Waals surface area (Å²) in [4.78, 5) is 2.56. The number of aryl methyl sites for hydroxylation is 2. The van der Waals surface area contributed by atoms with Crippen molar-refractivity contribution in [1.29, 1.82) is 0 Å². The van der Waals surface area contributed by atoms with E-state index in [2.05, 4.69) is 120 Å². The van der Waals surface area contributed by atoms with Gasteiger partial charge in [0.05, 0.1) is 0 Å². The minimum Gasteiger partial charge on any atom is -0.341 e. The first-order valence-corrected chi connectivity index (χ1v) is 12.9. The average molecular weight is 460 g/mol. The van der Waals surface area contributed by atoms with Gasteiger partial charge in [-0.2, -0.15) is 0 Å². The van der Waals surface area contributed by atoms with E-state index in [9.17, 15) is 0 Å². The Bertz CT molecular complexity index is 1670. The third kappa shape index (κ3) is 3.54. The van der Waals surface area contributed by atoms with Crippen LogP contribution in [0.15, 0.2) is 84.9 Å². The SMILES string of the molecule is CCN(Cc1ccc2c3ccccc3n(CC)c2c1)Cc1cccc2c1c1ccccc1n2CC. The van der Waals surface area contributed by atoms with E-state index in [-0.39, 0.29) is 0 Å². The number of benzene rings is 4. The molecule has 2 aromatic heterocycles. The van der Waals surface area contributed by atoms with Crippen molar-refractivity contribution in [3.05, 3.63) is 96.1 Å². The Hall–Kier alpha value is -3.56. The van der Waals surface area contributed by atoms with Crippen LogP contribution in [0.2, 0.25) is 0 Å². The second-order valence-electron chi connectivity index (χ2n) is 9.49. The molecule has 3 heteroatoms. The first kappa shape index (κ1) is 21.9. The molecule has 0 saturated heterocycles. The number of hydrogen-bond acceptors (Lipinski definition) is 1. The van der Waals surface area contributed by atoms with Gasteiger partial charge in [0.1, 0.15) is 0 Å². The van der Waals surface area contributed by atoms with Crippen molar-refractivity contribution in [1.82, 2.24) is 14.0 Å². The highest BCUT2D eigenvalue weighted by Crippen LogP contribution is 2.33. The van der Waals surface area contributed by atoms with Gasteiger partial charge in [0, 0.05) is 69.8 Å². The summed E-state index contributed by atoms with van der Waals surface area (Å²) in [6.07, 6.45) is 0. The predicted octanol–water partition coefficient (Wildman–Crippen LogP) is 7.96. The molecule has 176 valence electrons. The zero-order valence-electron chi connectivity index (χ0n) is 21.0. The molecule has 4 aromatic carbocycles. The molecule has 0 spiro atoms. The highest BCUT2D eigenvalue weighted by molar-refractivity contribution is 6.10. The second-order valence-corrected chi connectivity index (χ2v) is 9.49. The van der Waals surface area contributed by atoms with Crippen LogP contribution in [0.5, 0.6) is 0 Å². The molecule has 6 rings (SSSR count). The van der Waals surface area contributed by atoms with Crippen molar-refractivity contribution in [2.24, 2.45) is 0 Å². The van der Waals surface area contributed by atoms with Crippen molar-refractivity contribution in [2.75, 3.05) is 6.54 Å². The Labute approximate surface area is 207 Å². The summed E-state index contributed by atoms with van der Waals surface area (Å²) in [5.74, 6) is 0. The van der Waals surface area contributed by atoms with Crippen LogP contribution in [0.1, 0.15) is 31.9 Å². The topological polar surface area (TPSA) is 13.1 Å². The van der Waals surface area contributed by atoms with Crippen LogP contribution in [-0.2, 0) is 26.2 Å². The quantitative estimate of drug-likeness (QED) is 0.236. The minimum absolute atomic E-state index is 0.945. The minimum atomic E-state index is 0.945. The van der Waals surface area contributed by atoms with Crippen molar-refractivity contribution in [3.63, 3.8) is 0 Å². The van der Waals surface area contributed by atoms with Gasteiger partial charge in [-0.25, -0.2) is 0 Å². The van der Waals surface area contributed by atoms with Crippen LogP contribution in [0.4, 0.5) is 0 Å².